The molecule has 2 heterocycles. The van der Waals surface area contributed by atoms with Gasteiger partial charge in [-0.15, -0.1) is 0 Å². The highest BCUT2D eigenvalue weighted by Crippen LogP contribution is 2.43. The molecular weight excluding hydrogens is 409 g/mol. The maximum atomic E-state index is 13.7. The number of halogens is 1. The molecule has 160 valence electrons. The van der Waals surface area contributed by atoms with Crippen LogP contribution in [0.2, 0.25) is 0 Å². The summed E-state index contributed by atoms with van der Waals surface area (Å²) in [5.74, 6) is -1.73. The summed E-state index contributed by atoms with van der Waals surface area (Å²) in [7, 11) is 0. The fourth-order valence-corrected chi connectivity index (χ4v) is 4.33. The number of nitrogens with one attached hydrogen (secondary N) is 1. The monoisotopic (exact) mass is 429 g/mol. The average molecular weight is 429 g/mol. The van der Waals surface area contributed by atoms with Crippen LogP contribution >= 0.6 is 0 Å². The lowest BCUT2D eigenvalue weighted by Crippen LogP contribution is -2.03. The second-order valence-electron chi connectivity index (χ2n) is 8.09. The van der Waals surface area contributed by atoms with Gasteiger partial charge in [-0.3, -0.25) is 5.10 Å². The van der Waals surface area contributed by atoms with Crippen LogP contribution < -0.4 is 0 Å². The van der Waals surface area contributed by atoms with Crippen LogP contribution in [0.5, 0.6) is 5.75 Å². The quantitative estimate of drug-likeness (QED) is 0.335. The van der Waals surface area contributed by atoms with Crippen molar-refractivity contribution in [2.45, 2.75) is 19.8 Å². The molecule has 0 aliphatic carbocycles. The zero-order valence-corrected chi connectivity index (χ0v) is 17.4. The number of aromatic nitrogens is 3. The van der Waals surface area contributed by atoms with Crippen molar-refractivity contribution < 1.29 is 19.4 Å². The lowest BCUT2D eigenvalue weighted by molar-refractivity contribution is 0.0694. The Morgan fingerprint density at radius 3 is 2.50 bits per heavy atom. The van der Waals surface area contributed by atoms with Crippen molar-refractivity contribution in [1.82, 2.24) is 14.8 Å². The van der Waals surface area contributed by atoms with Gasteiger partial charge in [0.15, 0.2) is 0 Å². The van der Waals surface area contributed by atoms with Crippen LogP contribution in [0, 0.1) is 5.82 Å². The van der Waals surface area contributed by atoms with Crippen LogP contribution in [0.3, 0.4) is 0 Å². The summed E-state index contributed by atoms with van der Waals surface area (Å²) in [4.78, 5) is 11.4. The van der Waals surface area contributed by atoms with Gasteiger partial charge in [0.05, 0.1) is 17.2 Å². The summed E-state index contributed by atoms with van der Waals surface area (Å²) in [6, 6.07) is 14.9. The molecule has 0 saturated heterocycles. The fourth-order valence-electron chi connectivity index (χ4n) is 4.33. The highest BCUT2D eigenvalue weighted by molar-refractivity contribution is 6.06. The second kappa shape index (κ2) is 7.23. The first-order chi connectivity index (χ1) is 15.3. The number of carbonyl (C=O) groups is 1. The van der Waals surface area contributed by atoms with E-state index in [1.807, 2.05) is 12.1 Å². The second-order valence-corrected chi connectivity index (χ2v) is 8.09. The summed E-state index contributed by atoms with van der Waals surface area (Å²) in [6.07, 6.45) is 1.75. The standard InChI is InChI=1S/C25H20FN3O3/c1-13(2)24-23(14-3-8-18(25(31)32)22(30)10-14)19-11-20-15(12-27-28-20)9-21(19)29(24)17-6-4-16(26)5-7-17/h3-13,30H,1-2H3,(H,27,28)(H,31,32). The molecule has 5 aromatic rings. The Balaban J connectivity index is 1.91. The van der Waals surface area contributed by atoms with Crippen LogP contribution in [0.4, 0.5) is 4.39 Å². The maximum absolute atomic E-state index is 13.7. The van der Waals surface area contributed by atoms with Gasteiger partial charge in [-0.2, -0.15) is 5.10 Å². The van der Waals surface area contributed by atoms with E-state index in [1.54, 1.807) is 24.4 Å². The normalized spacial score (nSPS) is 11.6. The summed E-state index contributed by atoms with van der Waals surface area (Å²) in [5.41, 5.74) is 4.96. The molecule has 3 N–H and O–H groups in total. The minimum absolute atomic E-state index is 0.0696. The molecule has 0 atom stereocenters. The number of aromatic carboxylic acids is 1. The molecule has 0 amide bonds. The van der Waals surface area contributed by atoms with Gasteiger partial charge in [0.1, 0.15) is 17.1 Å². The molecule has 5 rings (SSSR count). The molecule has 7 heteroatoms. The van der Waals surface area contributed by atoms with E-state index in [0.717, 1.165) is 38.8 Å². The predicted molar refractivity (Wildman–Crippen MR) is 121 cm³/mol. The van der Waals surface area contributed by atoms with Gasteiger partial charge in [0.2, 0.25) is 0 Å². The van der Waals surface area contributed by atoms with Gasteiger partial charge < -0.3 is 14.8 Å². The van der Waals surface area contributed by atoms with E-state index in [-0.39, 0.29) is 23.0 Å². The van der Waals surface area contributed by atoms with Crippen molar-refractivity contribution in [2.24, 2.45) is 0 Å². The smallest absolute Gasteiger partial charge is 0.339 e. The summed E-state index contributed by atoms with van der Waals surface area (Å²) in [5, 5.41) is 28.7. The number of carboxylic acid groups (broad SMARTS) is 1. The Morgan fingerprint density at radius 2 is 1.84 bits per heavy atom. The van der Waals surface area contributed by atoms with E-state index in [1.165, 1.54) is 24.3 Å². The van der Waals surface area contributed by atoms with Gasteiger partial charge in [0, 0.05) is 27.7 Å². The van der Waals surface area contributed by atoms with Gasteiger partial charge in [-0.25, -0.2) is 9.18 Å². The van der Waals surface area contributed by atoms with Gasteiger partial charge in [-0.1, -0.05) is 19.9 Å². The number of benzene rings is 3. The van der Waals surface area contributed by atoms with Crippen molar-refractivity contribution in [3.05, 3.63) is 77.9 Å². The number of hydrogen-bond donors (Lipinski definition) is 3. The van der Waals surface area contributed by atoms with Crippen molar-refractivity contribution in [1.29, 1.82) is 0 Å². The number of phenols is 1. The zero-order valence-electron chi connectivity index (χ0n) is 17.4. The number of rotatable bonds is 4. The first kappa shape index (κ1) is 19.8. The fraction of sp³-hybridized carbons (Fsp3) is 0.120. The average Bonchev–Trinajstić information content (AvgIpc) is 3.34. The zero-order chi connectivity index (χ0) is 22.6. The van der Waals surface area contributed by atoms with E-state index in [2.05, 4.69) is 28.6 Å². The van der Waals surface area contributed by atoms with Crippen LogP contribution in [0.25, 0.3) is 38.6 Å². The number of nitrogens with zero attached hydrogens (tertiary/aromatic N) is 2. The van der Waals surface area contributed by atoms with Crippen LogP contribution in [0.15, 0.2) is 60.8 Å². The third-order valence-corrected chi connectivity index (χ3v) is 5.71. The number of carboxylic acids is 1. The predicted octanol–water partition coefficient (Wildman–Crippen LogP) is 5.84. The van der Waals surface area contributed by atoms with Crippen LogP contribution in [0.1, 0.15) is 35.8 Å². The number of aromatic amines is 1. The summed E-state index contributed by atoms with van der Waals surface area (Å²) < 4.78 is 15.7. The Bertz CT molecular complexity index is 1500. The largest absolute Gasteiger partial charge is 0.507 e. The molecule has 0 unspecified atom stereocenters. The Labute approximate surface area is 182 Å². The minimum atomic E-state index is -1.19. The van der Waals surface area contributed by atoms with E-state index < -0.39 is 5.97 Å². The Hall–Kier alpha value is -4.13. The molecule has 0 aliphatic rings. The lowest BCUT2D eigenvalue weighted by Gasteiger charge is -2.16. The molecule has 2 aromatic heterocycles. The van der Waals surface area contributed by atoms with Crippen LogP contribution in [-0.4, -0.2) is 30.9 Å². The first-order valence-corrected chi connectivity index (χ1v) is 10.2. The van der Waals surface area contributed by atoms with Gasteiger partial charge in [-0.05, 0) is 60.0 Å². The molecule has 6 nitrogen and oxygen atoms in total. The van der Waals surface area contributed by atoms with Gasteiger partial charge >= 0.3 is 5.97 Å². The van der Waals surface area contributed by atoms with Crippen molar-refractivity contribution in [3.63, 3.8) is 0 Å². The van der Waals surface area contributed by atoms with Crippen LogP contribution in [-0.2, 0) is 0 Å². The van der Waals surface area contributed by atoms with Crippen molar-refractivity contribution in [2.75, 3.05) is 0 Å². The molecule has 0 bridgehead atoms. The molecule has 0 aliphatic heterocycles. The Kier molecular flexibility index (Phi) is 4.48. The van der Waals surface area contributed by atoms with Crippen molar-refractivity contribution >= 4 is 27.8 Å². The molecule has 32 heavy (non-hydrogen) atoms. The Morgan fingerprint density at radius 1 is 1.09 bits per heavy atom. The highest BCUT2D eigenvalue weighted by atomic mass is 19.1. The topological polar surface area (TPSA) is 91.1 Å². The van der Waals surface area contributed by atoms with Crippen molar-refractivity contribution in [3.8, 4) is 22.6 Å². The highest BCUT2D eigenvalue weighted by Gasteiger charge is 2.24. The van der Waals surface area contributed by atoms with E-state index in [9.17, 15) is 19.4 Å². The minimum Gasteiger partial charge on any atom is -0.507 e. The van der Waals surface area contributed by atoms with E-state index >= 15 is 0 Å². The van der Waals surface area contributed by atoms with E-state index in [4.69, 9.17) is 0 Å². The lowest BCUT2D eigenvalue weighted by atomic mass is 9.95. The summed E-state index contributed by atoms with van der Waals surface area (Å²) in [6.45, 7) is 4.13. The number of aromatic hydroxyl groups is 1. The van der Waals surface area contributed by atoms with E-state index in [0.29, 0.717) is 5.56 Å². The molecule has 0 saturated carbocycles. The number of H-pyrrole nitrogens is 1. The summed E-state index contributed by atoms with van der Waals surface area (Å²) >= 11 is 0. The molecule has 3 aromatic carbocycles. The SMILES string of the molecule is CC(C)c1c(-c2ccc(C(=O)O)c(O)c2)c2cc3[nH]ncc3cc2n1-c1ccc(F)cc1. The maximum Gasteiger partial charge on any atom is 0.339 e. The van der Waals surface area contributed by atoms with Gasteiger partial charge in [0.25, 0.3) is 0 Å². The first-order valence-electron chi connectivity index (χ1n) is 10.2. The number of hydrogen-bond acceptors (Lipinski definition) is 3. The third-order valence-electron chi connectivity index (χ3n) is 5.71. The molecule has 0 radical (unpaired) electrons. The molecule has 0 spiro atoms. The molecule has 0 fully saturated rings. The molecular formula is C25H20FN3O3. The third kappa shape index (κ3) is 3.01. The number of fused-ring (bicyclic) bond motifs is 2.